The largest absolute Gasteiger partial charge is 0.409 e. The van der Waals surface area contributed by atoms with Crippen molar-refractivity contribution in [1.82, 2.24) is 4.31 Å². The van der Waals surface area contributed by atoms with Crippen molar-refractivity contribution < 1.29 is 26.8 Å². The van der Waals surface area contributed by atoms with Crippen LogP contribution in [0.2, 0.25) is 0 Å². The summed E-state index contributed by atoms with van der Waals surface area (Å²) in [6.07, 6.45) is -5.97. The van der Waals surface area contributed by atoms with E-state index in [-0.39, 0.29) is 31.3 Å². The molecule has 21 heavy (non-hydrogen) atoms. The van der Waals surface area contributed by atoms with Crippen LogP contribution in [0.1, 0.15) is 33.1 Å². The van der Waals surface area contributed by atoms with Crippen molar-refractivity contribution in [3.05, 3.63) is 0 Å². The molecule has 0 radical (unpaired) electrons. The maximum atomic E-state index is 12.1. The highest BCUT2D eigenvalue weighted by Gasteiger charge is 2.29. The highest BCUT2D eigenvalue weighted by Crippen LogP contribution is 2.22. The van der Waals surface area contributed by atoms with Crippen LogP contribution in [-0.4, -0.2) is 48.8 Å². The molecule has 0 aliphatic heterocycles. The fraction of sp³-hybridized carbons (Fsp3) is 0.909. The predicted octanol–water partition coefficient (Wildman–Crippen LogP) is 1.75. The zero-order valence-electron chi connectivity index (χ0n) is 12.1. The van der Waals surface area contributed by atoms with E-state index >= 15 is 0 Å². The first kappa shape index (κ1) is 20.0. The number of hydrogen-bond acceptors (Lipinski definition) is 4. The number of nitrogens with zero attached hydrogens (tertiary/aromatic N) is 2. The Hall–Kier alpha value is -1.03. The molecule has 0 unspecified atom stereocenters. The van der Waals surface area contributed by atoms with E-state index in [1.54, 1.807) is 13.8 Å². The molecular formula is C11H22F3N3O3S. The zero-order valence-corrected chi connectivity index (χ0v) is 12.9. The van der Waals surface area contributed by atoms with Gasteiger partial charge in [0.05, 0.1) is 5.75 Å². The third-order valence-electron chi connectivity index (χ3n) is 2.57. The number of sulfonamides is 1. The highest BCUT2D eigenvalue weighted by molar-refractivity contribution is 7.89. The second kappa shape index (κ2) is 8.42. The molecule has 0 saturated carbocycles. The standard InChI is InChI=1S/C11H22F3N3O3S/c1-9(2)8-17(6-4-10(15)16-18)21(19,20)7-3-5-11(12,13)14/h9,18H,3-8H2,1-2H3,(H2,15,16). The predicted molar refractivity (Wildman–Crippen MR) is 73.5 cm³/mol. The van der Waals surface area contributed by atoms with E-state index in [0.29, 0.717) is 0 Å². The van der Waals surface area contributed by atoms with Crippen LogP contribution in [0.15, 0.2) is 5.16 Å². The number of amidine groups is 1. The zero-order chi connectivity index (χ0) is 16.7. The molecule has 0 aliphatic rings. The summed E-state index contributed by atoms with van der Waals surface area (Å²) in [6, 6.07) is 0. The number of halogens is 3. The molecule has 0 heterocycles. The Bertz CT molecular complexity index is 436. The summed E-state index contributed by atoms with van der Waals surface area (Å²) in [4.78, 5) is 0. The first-order valence-electron chi connectivity index (χ1n) is 6.49. The second-order valence-corrected chi connectivity index (χ2v) is 7.22. The Morgan fingerprint density at radius 3 is 2.38 bits per heavy atom. The molecule has 0 rings (SSSR count). The quantitative estimate of drug-likeness (QED) is 0.291. The summed E-state index contributed by atoms with van der Waals surface area (Å²) in [5, 5.41) is 11.2. The van der Waals surface area contributed by atoms with Gasteiger partial charge in [0.2, 0.25) is 10.0 Å². The number of nitrogens with two attached hydrogens (primary N) is 1. The molecule has 0 amide bonds. The van der Waals surface area contributed by atoms with Gasteiger partial charge in [-0.2, -0.15) is 13.2 Å². The Morgan fingerprint density at radius 2 is 1.95 bits per heavy atom. The van der Waals surface area contributed by atoms with Crippen LogP contribution < -0.4 is 5.73 Å². The van der Waals surface area contributed by atoms with Crippen LogP contribution in [0.4, 0.5) is 13.2 Å². The molecule has 0 fully saturated rings. The third kappa shape index (κ3) is 9.51. The van der Waals surface area contributed by atoms with E-state index in [1.807, 2.05) is 0 Å². The number of oxime groups is 1. The van der Waals surface area contributed by atoms with Crippen LogP contribution in [0.3, 0.4) is 0 Å². The maximum absolute atomic E-state index is 12.1. The molecule has 126 valence electrons. The monoisotopic (exact) mass is 333 g/mol. The normalized spacial score (nSPS) is 14.1. The van der Waals surface area contributed by atoms with Gasteiger partial charge in [0, 0.05) is 25.9 Å². The lowest BCUT2D eigenvalue weighted by Gasteiger charge is -2.23. The van der Waals surface area contributed by atoms with Gasteiger partial charge < -0.3 is 10.9 Å². The first-order chi connectivity index (χ1) is 9.48. The molecular weight excluding hydrogens is 311 g/mol. The molecule has 0 bridgehead atoms. The lowest BCUT2D eigenvalue weighted by Crippen LogP contribution is -2.38. The minimum atomic E-state index is -4.37. The first-order valence-corrected chi connectivity index (χ1v) is 8.10. The fourth-order valence-corrected chi connectivity index (χ4v) is 3.29. The Balaban J connectivity index is 4.71. The fourth-order valence-electron chi connectivity index (χ4n) is 1.62. The van der Waals surface area contributed by atoms with Gasteiger partial charge in [-0.05, 0) is 12.3 Å². The summed E-state index contributed by atoms with van der Waals surface area (Å²) < 4.78 is 61.4. The topological polar surface area (TPSA) is 96.0 Å². The van der Waals surface area contributed by atoms with Crippen molar-refractivity contribution in [3.8, 4) is 0 Å². The van der Waals surface area contributed by atoms with Crippen molar-refractivity contribution in [2.75, 3.05) is 18.8 Å². The summed E-state index contributed by atoms with van der Waals surface area (Å²) in [5.41, 5.74) is 5.28. The SMILES string of the molecule is CC(C)CN(CCC(N)=NO)S(=O)(=O)CCCC(F)(F)F. The molecule has 6 nitrogen and oxygen atoms in total. The lowest BCUT2D eigenvalue weighted by molar-refractivity contribution is -0.134. The van der Waals surface area contributed by atoms with Gasteiger partial charge in [-0.1, -0.05) is 19.0 Å². The van der Waals surface area contributed by atoms with Gasteiger partial charge in [0.25, 0.3) is 0 Å². The molecule has 0 aromatic heterocycles. The molecule has 10 heteroatoms. The van der Waals surface area contributed by atoms with Crippen molar-refractivity contribution in [1.29, 1.82) is 0 Å². The summed E-state index contributed by atoms with van der Waals surface area (Å²) in [6.45, 7) is 3.74. The van der Waals surface area contributed by atoms with Gasteiger partial charge in [-0.3, -0.25) is 0 Å². The van der Waals surface area contributed by atoms with E-state index in [0.717, 1.165) is 4.31 Å². The number of rotatable bonds is 9. The number of hydrogen-bond donors (Lipinski definition) is 2. The van der Waals surface area contributed by atoms with E-state index in [2.05, 4.69) is 5.16 Å². The van der Waals surface area contributed by atoms with Crippen molar-refractivity contribution in [2.24, 2.45) is 16.8 Å². The summed E-state index contributed by atoms with van der Waals surface area (Å²) >= 11 is 0. The van der Waals surface area contributed by atoms with Gasteiger partial charge in [0.15, 0.2) is 0 Å². The minimum Gasteiger partial charge on any atom is -0.409 e. The second-order valence-electron chi connectivity index (χ2n) is 5.13. The Labute approximate surface area is 122 Å². The van der Waals surface area contributed by atoms with Crippen LogP contribution in [0.5, 0.6) is 0 Å². The van der Waals surface area contributed by atoms with Gasteiger partial charge in [-0.25, -0.2) is 12.7 Å². The van der Waals surface area contributed by atoms with Crippen LogP contribution >= 0.6 is 0 Å². The van der Waals surface area contributed by atoms with Crippen LogP contribution in [0, 0.1) is 5.92 Å². The van der Waals surface area contributed by atoms with Gasteiger partial charge >= 0.3 is 6.18 Å². The van der Waals surface area contributed by atoms with E-state index < -0.39 is 34.8 Å². The van der Waals surface area contributed by atoms with Crippen molar-refractivity contribution >= 4 is 15.9 Å². The van der Waals surface area contributed by atoms with E-state index in [4.69, 9.17) is 10.9 Å². The number of alkyl halides is 3. The van der Waals surface area contributed by atoms with Crippen LogP contribution in [0.25, 0.3) is 0 Å². The average Bonchev–Trinajstić information content (AvgIpc) is 2.31. The molecule has 3 N–H and O–H groups in total. The molecule has 0 aromatic carbocycles. The van der Waals surface area contributed by atoms with Crippen molar-refractivity contribution in [2.45, 2.75) is 39.3 Å². The smallest absolute Gasteiger partial charge is 0.389 e. The molecule has 0 aliphatic carbocycles. The van der Waals surface area contributed by atoms with Gasteiger partial charge in [-0.15, -0.1) is 0 Å². The third-order valence-corrected chi connectivity index (χ3v) is 4.49. The maximum Gasteiger partial charge on any atom is 0.389 e. The Kier molecular flexibility index (Phi) is 8.01. The van der Waals surface area contributed by atoms with Gasteiger partial charge in [0.1, 0.15) is 5.84 Å². The summed E-state index contributed by atoms with van der Waals surface area (Å²) in [7, 11) is -3.80. The summed E-state index contributed by atoms with van der Waals surface area (Å²) in [5.74, 6) is -0.695. The van der Waals surface area contributed by atoms with E-state index in [9.17, 15) is 21.6 Å². The minimum absolute atomic E-state index is 0.00896. The molecule has 0 spiro atoms. The van der Waals surface area contributed by atoms with E-state index in [1.165, 1.54) is 0 Å². The average molecular weight is 333 g/mol. The molecule has 0 saturated heterocycles. The molecule has 0 aromatic rings. The Morgan fingerprint density at radius 1 is 1.38 bits per heavy atom. The van der Waals surface area contributed by atoms with Crippen LogP contribution in [-0.2, 0) is 10.0 Å². The highest BCUT2D eigenvalue weighted by atomic mass is 32.2. The molecule has 0 atom stereocenters. The lowest BCUT2D eigenvalue weighted by atomic mass is 10.2. The van der Waals surface area contributed by atoms with Crippen molar-refractivity contribution in [3.63, 3.8) is 0 Å².